The lowest BCUT2D eigenvalue weighted by molar-refractivity contribution is -0.143. The van der Waals surface area contributed by atoms with Crippen molar-refractivity contribution in [3.05, 3.63) is 0 Å². The maximum atomic E-state index is 12.2. The molecule has 0 aromatic rings. The van der Waals surface area contributed by atoms with Gasteiger partial charge in [0.1, 0.15) is 12.1 Å². The topological polar surface area (TPSA) is 90.0 Å². The fraction of sp³-hybridized carbons (Fsp3) is 0.700. The summed E-state index contributed by atoms with van der Waals surface area (Å²) in [5.74, 6) is -1.56. The number of hydrogen-bond donors (Lipinski definition) is 2. The summed E-state index contributed by atoms with van der Waals surface area (Å²) in [5.41, 5.74) is -0.836. The molecule has 0 atom stereocenters. The number of hydrogen-bond acceptors (Lipinski definition) is 4. The third kappa shape index (κ3) is 1.66. The Kier molecular flexibility index (Phi) is 2.78. The summed E-state index contributed by atoms with van der Waals surface area (Å²) < 4.78 is 0. The number of piperidine rings is 1. The summed E-state index contributed by atoms with van der Waals surface area (Å²) >= 11 is 0. The zero-order chi connectivity index (χ0) is 12.6. The number of amides is 3. The Balaban J connectivity index is 2.27. The van der Waals surface area contributed by atoms with Gasteiger partial charge in [0.05, 0.1) is 0 Å². The monoisotopic (exact) mass is 241 g/mol. The van der Waals surface area contributed by atoms with Gasteiger partial charge in [-0.3, -0.25) is 14.5 Å². The molecule has 0 radical (unpaired) electrons. The standard InChI is InChI=1S/C10H15N3O4/c1-12-9(17)13(6-7(14)15)8(16)10(12)2-4-11-5-3-10/h11H,2-6H2,1H3,(H,14,15). The molecule has 2 rings (SSSR count). The number of imide groups is 1. The molecule has 7 nitrogen and oxygen atoms in total. The second-order valence-electron chi connectivity index (χ2n) is 4.41. The second-order valence-corrected chi connectivity index (χ2v) is 4.41. The van der Waals surface area contributed by atoms with Crippen LogP contribution in [-0.2, 0) is 9.59 Å². The first-order valence-electron chi connectivity index (χ1n) is 5.51. The quantitative estimate of drug-likeness (QED) is 0.611. The predicted molar refractivity (Wildman–Crippen MR) is 57.3 cm³/mol. The van der Waals surface area contributed by atoms with Crippen LogP contribution in [0.15, 0.2) is 0 Å². The molecule has 0 unspecified atom stereocenters. The lowest BCUT2D eigenvalue weighted by Crippen LogP contribution is -2.54. The van der Waals surface area contributed by atoms with Crippen molar-refractivity contribution in [2.24, 2.45) is 0 Å². The SMILES string of the molecule is CN1C(=O)N(CC(=O)O)C(=O)C12CCNCC2. The summed E-state index contributed by atoms with van der Waals surface area (Å²) in [6.45, 7) is 0.756. The fourth-order valence-corrected chi connectivity index (χ4v) is 2.51. The van der Waals surface area contributed by atoms with Gasteiger partial charge in [0, 0.05) is 7.05 Å². The molecule has 2 N–H and O–H groups in total. The van der Waals surface area contributed by atoms with Crippen molar-refractivity contribution >= 4 is 17.9 Å². The predicted octanol–water partition coefficient (Wildman–Crippen LogP) is -0.913. The Morgan fingerprint density at radius 1 is 1.41 bits per heavy atom. The first kappa shape index (κ1) is 11.8. The molecule has 2 aliphatic rings. The van der Waals surface area contributed by atoms with E-state index >= 15 is 0 Å². The molecule has 94 valence electrons. The van der Waals surface area contributed by atoms with Crippen LogP contribution in [0.1, 0.15) is 12.8 Å². The maximum absolute atomic E-state index is 12.2. The smallest absolute Gasteiger partial charge is 0.327 e. The van der Waals surface area contributed by atoms with Crippen LogP contribution in [0.25, 0.3) is 0 Å². The molecule has 2 fully saturated rings. The van der Waals surface area contributed by atoms with Gasteiger partial charge in [-0.25, -0.2) is 4.79 Å². The van der Waals surface area contributed by atoms with E-state index in [9.17, 15) is 14.4 Å². The second kappa shape index (κ2) is 3.99. The molecule has 3 amide bonds. The van der Waals surface area contributed by atoms with Crippen molar-refractivity contribution in [2.45, 2.75) is 18.4 Å². The Morgan fingerprint density at radius 3 is 2.53 bits per heavy atom. The molecular formula is C10H15N3O4. The van der Waals surface area contributed by atoms with Crippen molar-refractivity contribution in [2.75, 3.05) is 26.7 Å². The molecule has 0 bridgehead atoms. The number of rotatable bonds is 2. The number of nitrogens with one attached hydrogen (secondary N) is 1. The minimum atomic E-state index is -1.17. The summed E-state index contributed by atoms with van der Waals surface area (Å²) in [6, 6.07) is -0.515. The van der Waals surface area contributed by atoms with Gasteiger partial charge in [-0.05, 0) is 25.9 Å². The lowest BCUT2D eigenvalue weighted by atomic mass is 9.87. The van der Waals surface area contributed by atoms with Crippen LogP contribution >= 0.6 is 0 Å². The summed E-state index contributed by atoms with van der Waals surface area (Å²) in [7, 11) is 1.56. The molecule has 2 heterocycles. The number of carbonyl (C=O) groups is 3. The van der Waals surface area contributed by atoms with Crippen molar-refractivity contribution in [3.8, 4) is 0 Å². The Morgan fingerprint density at radius 2 is 2.00 bits per heavy atom. The summed E-state index contributed by atoms with van der Waals surface area (Å²) in [4.78, 5) is 36.9. The first-order chi connectivity index (χ1) is 7.99. The van der Waals surface area contributed by atoms with Crippen LogP contribution < -0.4 is 5.32 Å². The summed E-state index contributed by atoms with van der Waals surface area (Å²) in [5, 5.41) is 11.8. The van der Waals surface area contributed by atoms with Crippen molar-refractivity contribution in [1.29, 1.82) is 0 Å². The van der Waals surface area contributed by atoms with Gasteiger partial charge in [-0.1, -0.05) is 0 Å². The van der Waals surface area contributed by atoms with Crippen LogP contribution in [0.2, 0.25) is 0 Å². The minimum Gasteiger partial charge on any atom is -0.480 e. The average Bonchev–Trinajstić information content (AvgIpc) is 2.47. The lowest BCUT2D eigenvalue weighted by Gasteiger charge is -2.36. The number of carboxylic acids is 1. The van der Waals surface area contributed by atoms with E-state index in [-0.39, 0.29) is 5.91 Å². The highest BCUT2D eigenvalue weighted by molar-refractivity contribution is 6.08. The highest BCUT2D eigenvalue weighted by atomic mass is 16.4. The summed E-state index contributed by atoms with van der Waals surface area (Å²) in [6.07, 6.45) is 1.06. The van der Waals surface area contributed by atoms with Crippen LogP contribution in [0, 0.1) is 0 Å². The third-order valence-corrected chi connectivity index (χ3v) is 3.53. The van der Waals surface area contributed by atoms with Gasteiger partial charge in [0.25, 0.3) is 5.91 Å². The van der Waals surface area contributed by atoms with Crippen LogP contribution in [0.5, 0.6) is 0 Å². The van der Waals surface area contributed by atoms with E-state index in [1.165, 1.54) is 4.90 Å². The number of urea groups is 1. The molecule has 0 aliphatic carbocycles. The van der Waals surface area contributed by atoms with E-state index in [2.05, 4.69) is 5.32 Å². The number of carbonyl (C=O) groups excluding carboxylic acids is 2. The third-order valence-electron chi connectivity index (χ3n) is 3.53. The Hall–Kier alpha value is -1.63. The van der Waals surface area contributed by atoms with E-state index in [0.717, 1.165) is 4.90 Å². The molecule has 7 heteroatoms. The highest BCUT2D eigenvalue weighted by Gasteiger charge is 2.55. The number of likely N-dealkylation sites (N-methyl/N-ethyl adjacent to an activating group) is 1. The molecule has 17 heavy (non-hydrogen) atoms. The zero-order valence-corrected chi connectivity index (χ0v) is 9.60. The van der Waals surface area contributed by atoms with Crippen molar-refractivity contribution in [3.63, 3.8) is 0 Å². The van der Waals surface area contributed by atoms with Crippen LogP contribution in [0.4, 0.5) is 4.79 Å². The van der Waals surface area contributed by atoms with Gasteiger partial charge in [-0.2, -0.15) is 0 Å². The van der Waals surface area contributed by atoms with Gasteiger partial charge in [-0.15, -0.1) is 0 Å². The number of nitrogens with zero attached hydrogens (tertiary/aromatic N) is 2. The Bertz CT molecular complexity index is 376. The first-order valence-corrected chi connectivity index (χ1v) is 5.51. The van der Waals surface area contributed by atoms with E-state index in [1.54, 1.807) is 7.05 Å². The molecule has 0 saturated carbocycles. The highest BCUT2D eigenvalue weighted by Crippen LogP contribution is 2.33. The van der Waals surface area contributed by atoms with Gasteiger partial charge < -0.3 is 15.3 Å². The number of carboxylic acid groups (broad SMARTS) is 1. The van der Waals surface area contributed by atoms with Gasteiger partial charge in [0.2, 0.25) is 0 Å². The molecule has 2 saturated heterocycles. The van der Waals surface area contributed by atoms with Crippen LogP contribution in [0.3, 0.4) is 0 Å². The molecular weight excluding hydrogens is 226 g/mol. The van der Waals surface area contributed by atoms with Crippen molar-refractivity contribution < 1.29 is 19.5 Å². The average molecular weight is 241 g/mol. The van der Waals surface area contributed by atoms with Gasteiger partial charge in [0.15, 0.2) is 0 Å². The van der Waals surface area contributed by atoms with Gasteiger partial charge >= 0.3 is 12.0 Å². The largest absolute Gasteiger partial charge is 0.480 e. The molecule has 0 aromatic carbocycles. The Labute approximate surface area is 98.4 Å². The molecule has 2 aliphatic heterocycles. The number of aliphatic carboxylic acids is 1. The van der Waals surface area contributed by atoms with E-state index in [0.29, 0.717) is 25.9 Å². The van der Waals surface area contributed by atoms with E-state index < -0.39 is 24.1 Å². The fourth-order valence-electron chi connectivity index (χ4n) is 2.51. The van der Waals surface area contributed by atoms with E-state index in [4.69, 9.17) is 5.11 Å². The molecule has 1 spiro atoms. The normalized spacial score (nSPS) is 23.6. The minimum absolute atomic E-state index is 0.381. The van der Waals surface area contributed by atoms with Crippen LogP contribution in [-0.4, -0.2) is 65.0 Å². The molecule has 0 aromatic heterocycles. The zero-order valence-electron chi connectivity index (χ0n) is 9.60. The van der Waals surface area contributed by atoms with E-state index in [1.807, 2.05) is 0 Å². The maximum Gasteiger partial charge on any atom is 0.327 e. The van der Waals surface area contributed by atoms with Crippen molar-refractivity contribution in [1.82, 2.24) is 15.1 Å².